The number of aromatic nitrogens is 1. The number of alkyl halides is 1. The molecule has 0 aliphatic heterocycles. The van der Waals surface area contributed by atoms with Gasteiger partial charge in [0.05, 0.1) is 21.9 Å². The molecule has 112 valence electrons. The van der Waals surface area contributed by atoms with E-state index in [1.807, 2.05) is 0 Å². The Morgan fingerprint density at radius 2 is 2.19 bits per heavy atom. The molecule has 1 atom stereocenters. The maximum atomic E-state index is 14.3. The molecule has 1 heterocycles. The van der Waals surface area contributed by atoms with Crippen molar-refractivity contribution in [2.45, 2.75) is 31.5 Å². The highest BCUT2D eigenvalue weighted by molar-refractivity contribution is 9.09. The molecular formula is C15H16BrFN2O2. The maximum absolute atomic E-state index is 14.3. The van der Waals surface area contributed by atoms with E-state index in [0.29, 0.717) is 28.8 Å². The molecule has 0 radical (unpaired) electrons. The van der Waals surface area contributed by atoms with E-state index in [0.717, 1.165) is 12.5 Å². The smallest absolute Gasteiger partial charge is 0.258 e. The van der Waals surface area contributed by atoms with Gasteiger partial charge in [0.1, 0.15) is 5.82 Å². The number of rotatable bonds is 5. The number of halogens is 2. The first-order valence-electron chi connectivity index (χ1n) is 6.74. The van der Waals surface area contributed by atoms with Crippen molar-refractivity contribution in [2.24, 2.45) is 5.92 Å². The Kier molecular flexibility index (Phi) is 4.88. The van der Waals surface area contributed by atoms with Gasteiger partial charge in [-0.2, -0.15) is 0 Å². The summed E-state index contributed by atoms with van der Waals surface area (Å²) in [5, 5.41) is 11.4. The lowest BCUT2D eigenvalue weighted by Crippen LogP contribution is -2.09. The van der Waals surface area contributed by atoms with Crippen LogP contribution in [0, 0.1) is 21.8 Å². The van der Waals surface area contributed by atoms with E-state index in [9.17, 15) is 14.5 Å². The minimum Gasteiger partial charge on any atom is -0.258 e. The number of nitrogens with zero attached hydrogens (tertiary/aromatic N) is 2. The van der Waals surface area contributed by atoms with E-state index in [2.05, 4.69) is 34.8 Å². The highest BCUT2D eigenvalue weighted by atomic mass is 79.9. The third-order valence-corrected chi connectivity index (χ3v) is 3.97. The second kappa shape index (κ2) is 6.47. The Bertz CT molecular complexity index is 676. The highest BCUT2D eigenvalue weighted by Gasteiger charge is 2.21. The zero-order valence-corrected chi connectivity index (χ0v) is 13.4. The van der Waals surface area contributed by atoms with Crippen molar-refractivity contribution in [2.75, 3.05) is 0 Å². The molecule has 0 amide bonds. The van der Waals surface area contributed by atoms with Crippen LogP contribution in [0.15, 0.2) is 24.4 Å². The molecule has 6 heteroatoms. The second-order valence-corrected chi connectivity index (χ2v) is 6.74. The molecule has 0 aliphatic rings. The van der Waals surface area contributed by atoms with Crippen LogP contribution in [0.1, 0.15) is 25.8 Å². The molecular weight excluding hydrogens is 339 g/mol. The van der Waals surface area contributed by atoms with Crippen LogP contribution in [0.3, 0.4) is 0 Å². The van der Waals surface area contributed by atoms with Gasteiger partial charge in [0.2, 0.25) is 0 Å². The van der Waals surface area contributed by atoms with E-state index >= 15 is 0 Å². The van der Waals surface area contributed by atoms with Crippen molar-refractivity contribution in [1.29, 1.82) is 0 Å². The van der Waals surface area contributed by atoms with E-state index in [-0.39, 0.29) is 10.5 Å². The average Bonchev–Trinajstić information content (AvgIpc) is 2.40. The number of non-ortho nitro benzene ring substituents is 1. The predicted molar refractivity (Wildman–Crippen MR) is 84.2 cm³/mol. The summed E-state index contributed by atoms with van der Waals surface area (Å²) in [6, 6.07) is 4.22. The molecule has 1 unspecified atom stereocenters. The minimum atomic E-state index is -0.573. The Labute approximate surface area is 130 Å². The molecule has 0 fully saturated rings. The molecule has 0 saturated heterocycles. The number of hydrogen-bond donors (Lipinski definition) is 0. The molecule has 0 saturated carbocycles. The summed E-state index contributed by atoms with van der Waals surface area (Å²) in [5.74, 6) is -0.0872. The Hall–Kier alpha value is -1.56. The van der Waals surface area contributed by atoms with Gasteiger partial charge < -0.3 is 0 Å². The quantitative estimate of drug-likeness (QED) is 0.446. The van der Waals surface area contributed by atoms with Crippen LogP contribution in [-0.2, 0) is 6.42 Å². The first-order chi connectivity index (χ1) is 9.90. The first-order valence-corrected chi connectivity index (χ1v) is 7.66. The molecule has 4 nitrogen and oxygen atoms in total. The van der Waals surface area contributed by atoms with E-state index < -0.39 is 10.7 Å². The number of pyridine rings is 1. The number of fused-ring (bicyclic) bond motifs is 1. The van der Waals surface area contributed by atoms with Crippen LogP contribution in [0.25, 0.3) is 10.9 Å². The van der Waals surface area contributed by atoms with Gasteiger partial charge in [0.15, 0.2) is 0 Å². The molecule has 1 aromatic heterocycles. The molecule has 0 aliphatic carbocycles. The van der Waals surface area contributed by atoms with Crippen molar-refractivity contribution in [3.63, 3.8) is 0 Å². The summed E-state index contributed by atoms with van der Waals surface area (Å²) < 4.78 is 14.3. The number of hydrogen-bond acceptors (Lipinski definition) is 3. The van der Waals surface area contributed by atoms with Gasteiger partial charge in [0, 0.05) is 16.6 Å². The van der Waals surface area contributed by atoms with E-state index in [4.69, 9.17) is 0 Å². The fraction of sp³-hybridized carbons (Fsp3) is 0.400. The molecule has 0 bridgehead atoms. The fourth-order valence-corrected chi connectivity index (χ4v) is 3.48. The Morgan fingerprint density at radius 1 is 1.48 bits per heavy atom. The number of nitro benzene ring substituents is 1. The Balaban J connectivity index is 2.52. The van der Waals surface area contributed by atoms with Crippen molar-refractivity contribution in [3.05, 3.63) is 45.9 Å². The lowest BCUT2D eigenvalue weighted by atomic mass is 9.99. The van der Waals surface area contributed by atoms with Crippen molar-refractivity contribution >= 4 is 32.5 Å². The minimum absolute atomic E-state index is 0.110. The lowest BCUT2D eigenvalue weighted by Gasteiger charge is -2.14. The molecule has 21 heavy (non-hydrogen) atoms. The fourth-order valence-electron chi connectivity index (χ4n) is 2.41. The highest BCUT2D eigenvalue weighted by Crippen LogP contribution is 2.31. The maximum Gasteiger partial charge on any atom is 0.281 e. The van der Waals surface area contributed by atoms with Crippen LogP contribution in [0.4, 0.5) is 10.1 Å². The van der Waals surface area contributed by atoms with Crippen LogP contribution < -0.4 is 0 Å². The third-order valence-electron chi connectivity index (χ3n) is 3.27. The Morgan fingerprint density at radius 3 is 2.81 bits per heavy atom. The third kappa shape index (κ3) is 3.56. The number of nitro groups is 1. The summed E-state index contributed by atoms with van der Waals surface area (Å²) in [6.45, 7) is 4.19. The zero-order chi connectivity index (χ0) is 15.6. The van der Waals surface area contributed by atoms with Crippen LogP contribution in [0.5, 0.6) is 0 Å². The van der Waals surface area contributed by atoms with Gasteiger partial charge >= 0.3 is 0 Å². The van der Waals surface area contributed by atoms with Gasteiger partial charge in [-0.15, -0.1) is 0 Å². The summed E-state index contributed by atoms with van der Waals surface area (Å²) in [4.78, 5) is 14.7. The largest absolute Gasteiger partial charge is 0.281 e. The van der Waals surface area contributed by atoms with Crippen molar-refractivity contribution < 1.29 is 9.31 Å². The zero-order valence-electron chi connectivity index (χ0n) is 11.8. The van der Waals surface area contributed by atoms with Crippen molar-refractivity contribution in [3.8, 4) is 0 Å². The lowest BCUT2D eigenvalue weighted by molar-refractivity contribution is -0.383. The van der Waals surface area contributed by atoms with Gasteiger partial charge in [-0.1, -0.05) is 29.8 Å². The van der Waals surface area contributed by atoms with E-state index in [1.54, 1.807) is 12.1 Å². The van der Waals surface area contributed by atoms with Crippen molar-refractivity contribution in [1.82, 2.24) is 4.98 Å². The van der Waals surface area contributed by atoms with Gasteiger partial charge in [-0.3, -0.25) is 15.1 Å². The molecule has 2 aromatic rings. The summed E-state index contributed by atoms with van der Waals surface area (Å²) in [7, 11) is 0. The predicted octanol–water partition coefficient (Wildman–Crippen LogP) is 4.63. The first kappa shape index (κ1) is 15.8. The standard InChI is InChI=1S/C15H16BrFN2O2/c1-9(2)6-10(16)7-12-13(17)8-14(19(20)21)11-4-3-5-18-15(11)12/h3-5,8-10H,6-7H2,1-2H3. The average molecular weight is 355 g/mol. The summed E-state index contributed by atoms with van der Waals surface area (Å²) in [5.41, 5.74) is 0.561. The molecule has 1 aromatic carbocycles. The molecule has 2 rings (SSSR count). The van der Waals surface area contributed by atoms with E-state index in [1.165, 1.54) is 6.20 Å². The van der Waals surface area contributed by atoms with Crippen LogP contribution >= 0.6 is 15.9 Å². The normalized spacial score (nSPS) is 12.8. The summed E-state index contributed by atoms with van der Waals surface area (Å²) >= 11 is 3.55. The number of benzene rings is 1. The topological polar surface area (TPSA) is 56.0 Å². The summed E-state index contributed by atoms with van der Waals surface area (Å²) in [6.07, 6.45) is 2.88. The van der Waals surface area contributed by atoms with Gasteiger partial charge in [-0.25, -0.2) is 4.39 Å². The van der Waals surface area contributed by atoms with Gasteiger partial charge in [0.25, 0.3) is 5.69 Å². The molecule has 0 N–H and O–H groups in total. The van der Waals surface area contributed by atoms with Gasteiger partial charge in [-0.05, 0) is 30.9 Å². The molecule has 0 spiro atoms. The van der Waals surface area contributed by atoms with Crippen LogP contribution in [0.2, 0.25) is 0 Å². The monoisotopic (exact) mass is 354 g/mol. The van der Waals surface area contributed by atoms with Crippen LogP contribution in [-0.4, -0.2) is 14.7 Å². The SMILES string of the molecule is CC(C)CC(Br)Cc1c(F)cc([N+](=O)[O-])c2cccnc12. The second-order valence-electron chi connectivity index (χ2n) is 5.44.